The van der Waals surface area contributed by atoms with Gasteiger partial charge in [-0.3, -0.25) is 0 Å². The number of para-hydroxylation sites is 1. The van der Waals surface area contributed by atoms with Crippen molar-refractivity contribution in [3.8, 4) is 23.0 Å². The molecule has 0 bridgehead atoms. The van der Waals surface area contributed by atoms with Gasteiger partial charge in [0.05, 0.1) is 14.2 Å². The SMILES string of the molecule is COc1ccc2c(c1O)CN(C)CC2Cc1cccc(O)c1OC. The summed E-state index contributed by atoms with van der Waals surface area (Å²) in [6.45, 7) is 1.56. The van der Waals surface area contributed by atoms with Gasteiger partial charge in [-0.1, -0.05) is 18.2 Å². The molecule has 1 aliphatic heterocycles. The van der Waals surface area contributed by atoms with E-state index in [2.05, 4.69) is 4.90 Å². The van der Waals surface area contributed by atoms with Crippen molar-refractivity contribution in [1.29, 1.82) is 0 Å². The molecule has 5 nitrogen and oxygen atoms in total. The van der Waals surface area contributed by atoms with E-state index in [1.807, 2.05) is 31.3 Å². The highest BCUT2D eigenvalue weighted by atomic mass is 16.5. The Morgan fingerprint density at radius 1 is 1.12 bits per heavy atom. The Hall–Kier alpha value is -2.40. The molecular formula is C19H23NO4. The predicted octanol–water partition coefficient (Wildman–Crippen LogP) is 2.89. The summed E-state index contributed by atoms with van der Waals surface area (Å²) in [6, 6.07) is 9.26. The number of rotatable bonds is 4. The number of aromatic hydroxyl groups is 2. The van der Waals surface area contributed by atoms with Crippen LogP contribution in [0, 0.1) is 0 Å². The van der Waals surface area contributed by atoms with Crippen molar-refractivity contribution >= 4 is 0 Å². The van der Waals surface area contributed by atoms with Crippen LogP contribution in [0.1, 0.15) is 22.6 Å². The van der Waals surface area contributed by atoms with E-state index < -0.39 is 0 Å². The average molecular weight is 329 g/mol. The molecule has 0 fully saturated rings. The van der Waals surface area contributed by atoms with Crippen LogP contribution in [0.25, 0.3) is 0 Å². The fourth-order valence-electron chi connectivity index (χ4n) is 3.56. The van der Waals surface area contributed by atoms with Gasteiger partial charge in [0.15, 0.2) is 23.0 Å². The number of ether oxygens (including phenoxy) is 2. The minimum Gasteiger partial charge on any atom is -0.504 e. The van der Waals surface area contributed by atoms with E-state index in [9.17, 15) is 10.2 Å². The molecule has 3 rings (SSSR count). The van der Waals surface area contributed by atoms with Crippen LogP contribution in [0.15, 0.2) is 30.3 Å². The van der Waals surface area contributed by atoms with Crippen LogP contribution < -0.4 is 9.47 Å². The Bertz CT molecular complexity index is 744. The maximum atomic E-state index is 10.5. The topological polar surface area (TPSA) is 62.2 Å². The largest absolute Gasteiger partial charge is 0.504 e. The standard InChI is InChI=1S/C19H23NO4/c1-20-10-13(9-12-5-4-6-16(21)19(12)24-3)14-7-8-17(23-2)18(22)15(14)11-20/h4-8,13,21-22H,9-11H2,1-3H3. The smallest absolute Gasteiger partial charge is 0.163 e. The third-order valence-electron chi connectivity index (χ3n) is 4.65. The summed E-state index contributed by atoms with van der Waals surface area (Å²) in [6.07, 6.45) is 0.723. The van der Waals surface area contributed by atoms with Crippen LogP contribution in [0.3, 0.4) is 0 Å². The molecule has 2 N–H and O–H groups in total. The highest BCUT2D eigenvalue weighted by Gasteiger charge is 2.28. The lowest BCUT2D eigenvalue weighted by Gasteiger charge is -2.33. The summed E-state index contributed by atoms with van der Waals surface area (Å²) < 4.78 is 10.6. The lowest BCUT2D eigenvalue weighted by molar-refractivity contribution is 0.269. The first-order chi connectivity index (χ1) is 11.5. The lowest BCUT2D eigenvalue weighted by atomic mass is 9.84. The molecule has 0 saturated heterocycles. The van der Waals surface area contributed by atoms with Crippen molar-refractivity contribution in [3.05, 3.63) is 47.0 Å². The summed E-state index contributed by atoms with van der Waals surface area (Å²) in [5.41, 5.74) is 2.99. The highest BCUT2D eigenvalue weighted by molar-refractivity contribution is 5.53. The summed E-state index contributed by atoms with van der Waals surface area (Å²) in [5.74, 6) is 1.58. The van der Waals surface area contributed by atoms with Crippen LogP contribution in [0.5, 0.6) is 23.0 Å². The zero-order valence-corrected chi connectivity index (χ0v) is 14.2. The van der Waals surface area contributed by atoms with Gasteiger partial charge in [-0.25, -0.2) is 0 Å². The zero-order chi connectivity index (χ0) is 17.3. The Balaban J connectivity index is 1.99. The Kier molecular flexibility index (Phi) is 4.53. The Morgan fingerprint density at radius 3 is 2.62 bits per heavy atom. The van der Waals surface area contributed by atoms with E-state index in [4.69, 9.17) is 9.47 Å². The number of fused-ring (bicyclic) bond motifs is 1. The van der Waals surface area contributed by atoms with Gasteiger partial charge in [0, 0.05) is 24.6 Å². The average Bonchev–Trinajstić information content (AvgIpc) is 2.56. The van der Waals surface area contributed by atoms with Crippen molar-refractivity contribution in [3.63, 3.8) is 0 Å². The molecule has 1 heterocycles. The normalized spacial score (nSPS) is 17.4. The maximum absolute atomic E-state index is 10.5. The number of phenolic OH excluding ortho intramolecular Hbond substituents is 2. The molecule has 128 valence electrons. The van der Waals surface area contributed by atoms with Gasteiger partial charge in [-0.15, -0.1) is 0 Å². The third-order valence-corrected chi connectivity index (χ3v) is 4.65. The first-order valence-electron chi connectivity index (χ1n) is 7.97. The molecule has 2 aromatic carbocycles. The summed E-state index contributed by atoms with van der Waals surface area (Å²) in [4.78, 5) is 2.18. The molecular weight excluding hydrogens is 306 g/mol. The van der Waals surface area contributed by atoms with E-state index in [1.54, 1.807) is 20.3 Å². The summed E-state index contributed by atoms with van der Waals surface area (Å²) >= 11 is 0. The molecule has 0 radical (unpaired) electrons. The quantitative estimate of drug-likeness (QED) is 0.903. The van der Waals surface area contributed by atoms with Gasteiger partial charge in [-0.2, -0.15) is 0 Å². The Morgan fingerprint density at radius 2 is 1.92 bits per heavy atom. The van der Waals surface area contributed by atoms with Crippen molar-refractivity contribution < 1.29 is 19.7 Å². The molecule has 0 aliphatic carbocycles. The maximum Gasteiger partial charge on any atom is 0.163 e. The number of nitrogens with zero attached hydrogens (tertiary/aromatic N) is 1. The van der Waals surface area contributed by atoms with Crippen molar-refractivity contribution in [2.24, 2.45) is 0 Å². The second-order valence-electron chi connectivity index (χ2n) is 6.25. The Labute approximate surface area is 142 Å². The molecule has 0 aromatic heterocycles. The number of benzene rings is 2. The lowest BCUT2D eigenvalue weighted by Crippen LogP contribution is -2.31. The van der Waals surface area contributed by atoms with Crippen LogP contribution in [0.4, 0.5) is 0 Å². The minimum absolute atomic E-state index is 0.150. The second-order valence-corrected chi connectivity index (χ2v) is 6.25. The number of phenols is 2. The molecule has 0 spiro atoms. The first kappa shape index (κ1) is 16.5. The highest BCUT2D eigenvalue weighted by Crippen LogP contribution is 2.41. The van der Waals surface area contributed by atoms with Gasteiger partial charge in [0.1, 0.15) is 0 Å². The monoisotopic (exact) mass is 329 g/mol. The molecule has 24 heavy (non-hydrogen) atoms. The van der Waals surface area contributed by atoms with Crippen molar-refractivity contribution in [2.45, 2.75) is 18.9 Å². The van der Waals surface area contributed by atoms with E-state index in [0.29, 0.717) is 18.0 Å². The minimum atomic E-state index is 0.150. The molecule has 0 saturated carbocycles. The van der Waals surface area contributed by atoms with Crippen LogP contribution in [-0.4, -0.2) is 42.9 Å². The van der Waals surface area contributed by atoms with E-state index in [1.165, 1.54) is 0 Å². The first-order valence-corrected chi connectivity index (χ1v) is 7.97. The molecule has 1 unspecified atom stereocenters. The number of hydrogen-bond acceptors (Lipinski definition) is 5. The zero-order valence-electron chi connectivity index (χ0n) is 14.2. The third kappa shape index (κ3) is 2.87. The molecule has 5 heteroatoms. The molecule has 1 atom stereocenters. The van der Waals surface area contributed by atoms with Crippen molar-refractivity contribution in [2.75, 3.05) is 27.8 Å². The van der Waals surface area contributed by atoms with Crippen LogP contribution in [-0.2, 0) is 13.0 Å². The molecule has 0 amide bonds. The molecule has 2 aromatic rings. The van der Waals surface area contributed by atoms with E-state index >= 15 is 0 Å². The van der Waals surface area contributed by atoms with Crippen molar-refractivity contribution in [1.82, 2.24) is 4.90 Å². The number of methoxy groups -OCH3 is 2. The summed E-state index contributed by atoms with van der Waals surface area (Å²) in [5, 5.41) is 20.5. The van der Waals surface area contributed by atoms with E-state index in [-0.39, 0.29) is 17.4 Å². The van der Waals surface area contributed by atoms with Gasteiger partial charge < -0.3 is 24.6 Å². The fourth-order valence-corrected chi connectivity index (χ4v) is 3.56. The van der Waals surface area contributed by atoms with Gasteiger partial charge in [0.25, 0.3) is 0 Å². The number of likely N-dealkylation sites (N-methyl/N-ethyl adjacent to an activating group) is 1. The summed E-state index contributed by atoms with van der Waals surface area (Å²) in [7, 11) is 5.16. The van der Waals surface area contributed by atoms with Crippen LogP contribution >= 0.6 is 0 Å². The fraction of sp³-hybridized carbons (Fsp3) is 0.368. The predicted molar refractivity (Wildman–Crippen MR) is 92.1 cm³/mol. The molecule has 1 aliphatic rings. The van der Waals surface area contributed by atoms with Gasteiger partial charge >= 0.3 is 0 Å². The van der Waals surface area contributed by atoms with Gasteiger partial charge in [-0.05, 0) is 36.7 Å². The second kappa shape index (κ2) is 6.61. The van der Waals surface area contributed by atoms with Crippen LogP contribution in [0.2, 0.25) is 0 Å². The van der Waals surface area contributed by atoms with Gasteiger partial charge in [0.2, 0.25) is 0 Å². The number of hydrogen-bond donors (Lipinski definition) is 2. The van der Waals surface area contributed by atoms with E-state index in [0.717, 1.165) is 29.7 Å².